The topological polar surface area (TPSA) is 120 Å². The van der Waals surface area contributed by atoms with Crippen LogP contribution in [-0.2, 0) is 16.0 Å². The third kappa shape index (κ3) is 4.50. The molecule has 0 radical (unpaired) electrons. The molecule has 0 spiro atoms. The minimum absolute atomic E-state index is 0.213. The van der Waals surface area contributed by atoms with Crippen LogP contribution in [0.1, 0.15) is 43.6 Å². The molecule has 3 N–H and O–H groups in total. The number of nitrogens with zero attached hydrogens (tertiary/aromatic N) is 3. The summed E-state index contributed by atoms with van der Waals surface area (Å²) in [7, 11) is 0. The number of hydrogen-bond acceptors (Lipinski definition) is 7. The van der Waals surface area contributed by atoms with Crippen molar-refractivity contribution < 1.29 is 19.4 Å². The molecule has 1 atom stereocenters. The van der Waals surface area contributed by atoms with Crippen LogP contribution in [0.4, 0.5) is 5.95 Å². The van der Waals surface area contributed by atoms with Gasteiger partial charge in [-0.3, -0.25) is 4.98 Å². The van der Waals surface area contributed by atoms with Gasteiger partial charge in [0.05, 0.1) is 17.7 Å². The Bertz CT molecular complexity index is 1780. The average Bonchev–Trinajstić information content (AvgIpc) is 2.91. The molecular weight excluding hydrogens is 504 g/mol. The third-order valence-electron chi connectivity index (χ3n) is 7.19. The highest BCUT2D eigenvalue weighted by Gasteiger charge is 2.32. The molecule has 0 saturated carbocycles. The molecule has 40 heavy (non-hydrogen) atoms. The van der Waals surface area contributed by atoms with Gasteiger partial charge in [-0.15, -0.1) is 0 Å². The fourth-order valence-electron chi connectivity index (χ4n) is 5.55. The Labute approximate surface area is 231 Å². The molecule has 202 valence electrons. The fraction of sp³-hybridized carbons (Fsp3) is 0.250. The van der Waals surface area contributed by atoms with Crippen LogP contribution in [0, 0.1) is 6.92 Å². The molecule has 0 bridgehead atoms. The molecule has 0 amide bonds. The van der Waals surface area contributed by atoms with Gasteiger partial charge in [0.2, 0.25) is 5.95 Å². The minimum atomic E-state index is -1.19. The summed E-state index contributed by atoms with van der Waals surface area (Å²) in [6, 6.07) is 14.0. The molecule has 2 aromatic heterocycles. The number of carboxylic acid groups (broad SMARTS) is 1. The van der Waals surface area contributed by atoms with Crippen LogP contribution in [0.25, 0.3) is 43.9 Å². The van der Waals surface area contributed by atoms with Gasteiger partial charge in [0.1, 0.15) is 5.75 Å². The zero-order chi connectivity index (χ0) is 28.2. The lowest BCUT2D eigenvalue weighted by atomic mass is 9.85. The van der Waals surface area contributed by atoms with Crippen LogP contribution in [0.5, 0.6) is 5.75 Å². The first-order valence-electron chi connectivity index (χ1n) is 13.2. The van der Waals surface area contributed by atoms with Crippen molar-refractivity contribution in [2.24, 2.45) is 0 Å². The predicted octanol–water partition coefficient (Wildman–Crippen LogP) is 6.28. The summed E-state index contributed by atoms with van der Waals surface area (Å²) in [6.45, 7) is 8.13. The summed E-state index contributed by atoms with van der Waals surface area (Å²) in [5.41, 5.74) is 11.7. The van der Waals surface area contributed by atoms with Crippen LogP contribution in [0.3, 0.4) is 0 Å². The molecular formula is C32H30N4O4. The molecule has 3 aromatic carbocycles. The number of nitrogens with two attached hydrogens (primary N) is 1. The normalized spacial score (nSPS) is 13.8. The molecule has 6 rings (SSSR count). The van der Waals surface area contributed by atoms with Gasteiger partial charge < -0.3 is 20.3 Å². The van der Waals surface area contributed by atoms with Crippen molar-refractivity contribution in [2.45, 2.75) is 45.8 Å². The maximum Gasteiger partial charge on any atom is 0.337 e. The summed E-state index contributed by atoms with van der Waals surface area (Å²) >= 11 is 0. The Morgan fingerprint density at radius 3 is 2.55 bits per heavy atom. The molecule has 1 aliphatic rings. The first-order chi connectivity index (χ1) is 19.1. The van der Waals surface area contributed by atoms with Gasteiger partial charge in [-0.1, -0.05) is 18.2 Å². The highest BCUT2D eigenvalue weighted by molar-refractivity contribution is 6.09. The number of aromatic nitrogens is 3. The number of aryl methyl sites for hydroxylation is 1. The van der Waals surface area contributed by atoms with E-state index in [2.05, 4.69) is 16.0 Å². The zero-order valence-corrected chi connectivity index (χ0v) is 22.9. The molecule has 0 fully saturated rings. The van der Waals surface area contributed by atoms with Crippen LogP contribution in [0.15, 0.2) is 61.1 Å². The van der Waals surface area contributed by atoms with E-state index in [1.807, 2.05) is 70.3 Å². The number of benzene rings is 3. The van der Waals surface area contributed by atoms with Gasteiger partial charge in [0.25, 0.3) is 0 Å². The molecule has 0 saturated heterocycles. The van der Waals surface area contributed by atoms with Gasteiger partial charge in [-0.2, -0.15) is 0 Å². The van der Waals surface area contributed by atoms with Crippen LogP contribution < -0.4 is 10.5 Å². The lowest BCUT2D eigenvalue weighted by Crippen LogP contribution is -2.28. The van der Waals surface area contributed by atoms with Gasteiger partial charge in [0, 0.05) is 47.1 Å². The van der Waals surface area contributed by atoms with E-state index in [9.17, 15) is 9.90 Å². The minimum Gasteiger partial charge on any atom is -0.493 e. The Hall–Kier alpha value is -4.56. The van der Waals surface area contributed by atoms with Crippen LogP contribution >= 0.6 is 0 Å². The smallest absolute Gasteiger partial charge is 0.337 e. The van der Waals surface area contributed by atoms with Crippen molar-refractivity contribution in [1.29, 1.82) is 0 Å². The molecule has 5 aromatic rings. The number of anilines is 1. The summed E-state index contributed by atoms with van der Waals surface area (Å²) in [5.74, 6) is -0.0449. The number of aliphatic carboxylic acids is 1. The van der Waals surface area contributed by atoms with Gasteiger partial charge in [0.15, 0.2) is 6.10 Å². The number of hydrogen-bond donors (Lipinski definition) is 2. The second-order valence-corrected chi connectivity index (χ2v) is 11.1. The van der Waals surface area contributed by atoms with E-state index in [4.69, 9.17) is 20.2 Å². The third-order valence-corrected chi connectivity index (χ3v) is 7.19. The lowest BCUT2D eigenvalue weighted by Gasteiger charge is -2.29. The quantitative estimate of drug-likeness (QED) is 0.270. The predicted molar refractivity (Wildman–Crippen MR) is 155 cm³/mol. The Morgan fingerprint density at radius 1 is 1.05 bits per heavy atom. The Kier molecular flexibility index (Phi) is 6.15. The number of carboxylic acids is 1. The summed E-state index contributed by atoms with van der Waals surface area (Å²) in [6.07, 6.45) is 4.80. The van der Waals surface area contributed by atoms with E-state index in [-0.39, 0.29) is 5.95 Å². The number of ether oxygens (including phenoxy) is 2. The maximum atomic E-state index is 12.8. The van der Waals surface area contributed by atoms with Gasteiger partial charge in [-0.05, 0) is 85.0 Å². The molecule has 3 heterocycles. The standard InChI is InChI=1S/C32H30N4O4/c1-17-13-20-14-19(21-15-35-31(33)36-16-21)5-6-22(20)27(25(17)29(30(37)38)40-32(2,3)4)23-7-8-24-26-18(10-12-39-24)9-11-34-28(23)26/h5-9,11,13-16,29H,10,12H2,1-4H3,(H,37,38)(H2,33,35,36). The van der Waals surface area contributed by atoms with Crippen LogP contribution in [0.2, 0.25) is 0 Å². The van der Waals surface area contributed by atoms with Crippen molar-refractivity contribution in [3.8, 4) is 28.0 Å². The largest absolute Gasteiger partial charge is 0.493 e. The fourth-order valence-corrected chi connectivity index (χ4v) is 5.55. The van der Waals surface area contributed by atoms with E-state index in [0.29, 0.717) is 12.2 Å². The molecule has 8 nitrogen and oxygen atoms in total. The van der Waals surface area contributed by atoms with Crippen molar-refractivity contribution in [3.05, 3.63) is 77.7 Å². The highest BCUT2D eigenvalue weighted by atomic mass is 16.5. The van der Waals surface area contributed by atoms with Crippen molar-refractivity contribution in [3.63, 3.8) is 0 Å². The van der Waals surface area contributed by atoms with Crippen molar-refractivity contribution >= 4 is 33.6 Å². The number of fused-ring (bicyclic) bond motifs is 1. The van der Waals surface area contributed by atoms with E-state index >= 15 is 0 Å². The molecule has 1 aliphatic heterocycles. The lowest BCUT2D eigenvalue weighted by molar-refractivity contribution is -0.160. The summed E-state index contributed by atoms with van der Waals surface area (Å²) in [5, 5.41) is 13.2. The average molecular weight is 535 g/mol. The van der Waals surface area contributed by atoms with E-state index in [1.165, 1.54) is 0 Å². The first-order valence-corrected chi connectivity index (χ1v) is 13.2. The second-order valence-electron chi connectivity index (χ2n) is 11.1. The van der Waals surface area contributed by atoms with Crippen molar-refractivity contribution in [2.75, 3.05) is 12.3 Å². The highest BCUT2D eigenvalue weighted by Crippen LogP contribution is 2.45. The number of pyridine rings is 1. The SMILES string of the molecule is Cc1cc2cc(-c3cnc(N)nc3)ccc2c(-c2ccc3c4c(ccnc24)CCO3)c1C(OC(C)(C)C)C(=O)O. The molecule has 0 aliphatic carbocycles. The first kappa shape index (κ1) is 25.7. The summed E-state index contributed by atoms with van der Waals surface area (Å²) in [4.78, 5) is 25.8. The van der Waals surface area contributed by atoms with E-state index in [0.717, 1.165) is 67.2 Å². The summed E-state index contributed by atoms with van der Waals surface area (Å²) < 4.78 is 12.2. The second kappa shape index (κ2) is 9.57. The van der Waals surface area contributed by atoms with Crippen molar-refractivity contribution in [1.82, 2.24) is 15.0 Å². The number of carbonyl (C=O) groups is 1. The molecule has 8 heteroatoms. The van der Waals surface area contributed by atoms with Gasteiger partial charge >= 0.3 is 5.97 Å². The molecule has 1 unspecified atom stereocenters. The van der Waals surface area contributed by atoms with Crippen LogP contribution in [-0.4, -0.2) is 38.2 Å². The monoisotopic (exact) mass is 534 g/mol. The van der Waals surface area contributed by atoms with E-state index < -0.39 is 17.7 Å². The maximum absolute atomic E-state index is 12.8. The Morgan fingerprint density at radius 2 is 1.82 bits per heavy atom. The Balaban J connectivity index is 1.69. The van der Waals surface area contributed by atoms with Gasteiger partial charge in [-0.25, -0.2) is 14.8 Å². The number of rotatable bonds is 5. The zero-order valence-electron chi connectivity index (χ0n) is 22.9. The van der Waals surface area contributed by atoms with E-state index in [1.54, 1.807) is 12.4 Å². The number of nitrogen functional groups attached to an aromatic ring is 1.